The van der Waals surface area contributed by atoms with E-state index in [1.54, 1.807) is 9.25 Å². The molecule has 0 radical (unpaired) electrons. The normalized spacial score (nSPS) is 13.0. The molecule has 7 nitrogen and oxygen atoms in total. The zero-order valence-corrected chi connectivity index (χ0v) is 13.3. The third kappa shape index (κ3) is 2.72. The molecule has 0 saturated carbocycles. The van der Waals surface area contributed by atoms with Gasteiger partial charge in [-0.25, -0.2) is 4.98 Å². The smallest absolute Gasteiger partial charge is 0.242 e. The van der Waals surface area contributed by atoms with Crippen LogP contribution in [0.15, 0.2) is 0 Å². The number of anilines is 1. The molecule has 0 bridgehead atoms. The van der Waals surface area contributed by atoms with E-state index < -0.39 is 6.04 Å². The summed E-state index contributed by atoms with van der Waals surface area (Å²) >= 11 is 0. The number of nitrogens with zero attached hydrogens (tertiary/aromatic N) is 4. The Labute approximate surface area is 124 Å². The maximum absolute atomic E-state index is 12.3. The van der Waals surface area contributed by atoms with Crippen LogP contribution in [0.1, 0.15) is 39.4 Å². The van der Waals surface area contributed by atoms with E-state index in [2.05, 4.69) is 29.2 Å². The van der Waals surface area contributed by atoms with E-state index in [0.29, 0.717) is 18.4 Å². The van der Waals surface area contributed by atoms with Crippen LogP contribution < -0.4 is 11.1 Å². The average Bonchev–Trinajstić information content (AvgIpc) is 2.92. The first-order valence-corrected chi connectivity index (χ1v) is 7.33. The number of rotatable bonds is 5. The van der Waals surface area contributed by atoms with E-state index in [0.717, 1.165) is 23.3 Å². The predicted octanol–water partition coefficient (Wildman–Crippen LogP) is 1.25. The molecular weight excluding hydrogens is 268 g/mol. The van der Waals surface area contributed by atoms with E-state index >= 15 is 0 Å². The van der Waals surface area contributed by atoms with Crippen molar-refractivity contribution < 1.29 is 4.79 Å². The number of aryl methyl sites for hydroxylation is 2. The van der Waals surface area contributed by atoms with Gasteiger partial charge in [-0.2, -0.15) is 5.10 Å². The highest BCUT2D eigenvalue weighted by atomic mass is 16.2. The summed E-state index contributed by atoms with van der Waals surface area (Å²) in [5.41, 5.74) is 8.48. The minimum absolute atomic E-state index is 0.0612. The maximum atomic E-state index is 12.3. The molecule has 0 aliphatic rings. The Morgan fingerprint density at radius 2 is 2.05 bits per heavy atom. The second-order valence-electron chi connectivity index (χ2n) is 5.75. The van der Waals surface area contributed by atoms with Gasteiger partial charge in [-0.3, -0.25) is 14.0 Å². The van der Waals surface area contributed by atoms with Crippen molar-refractivity contribution in [2.75, 3.05) is 12.3 Å². The van der Waals surface area contributed by atoms with Crippen LogP contribution in [0.5, 0.6) is 0 Å². The van der Waals surface area contributed by atoms with Gasteiger partial charge in [-0.15, -0.1) is 0 Å². The lowest BCUT2D eigenvalue weighted by Crippen LogP contribution is -2.34. The molecule has 2 aromatic heterocycles. The molecule has 1 unspecified atom stereocenters. The van der Waals surface area contributed by atoms with Gasteiger partial charge in [0.2, 0.25) is 11.9 Å². The van der Waals surface area contributed by atoms with Gasteiger partial charge in [0.1, 0.15) is 11.6 Å². The number of carbonyl (C=O) groups is 1. The predicted molar refractivity (Wildman–Crippen MR) is 82.8 cm³/mol. The molecule has 0 spiro atoms. The van der Waals surface area contributed by atoms with Crippen LogP contribution in [-0.4, -0.2) is 31.8 Å². The minimum Gasteiger partial charge on any atom is -0.369 e. The molecular formula is C14H24N6O. The number of carbonyl (C=O) groups excluding carboxylic acids is 1. The number of fused-ring (bicyclic) bond motifs is 1. The molecule has 2 rings (SSSR count). The van der Waals surface area contributed by atoms with Gasteiger partial charge in [0, 0.05) is 13.6 Å². The van der Waals surface area contributed by atoms with Crippen LogP contribution >= 0.6 is 0 Å². The highest BCUT2D eigenvalue weighted by Crippen LogP contribution is 2.25. The second kappa shape index (κ2) is 5.75. The van der Waals surface area contributed by atoms with Gasteiger partial charge in [0.15, 0.2) is 5.65 Å². The molecule has 116 valence electrons. The third-order valence-corrected chi connectivity index (χ3v) is 3.55. The molecule has 0 saturated heterocycles. The quantitative estimate of drug-likeness (QED) is 0.867. The molecule has 3 N–H and O–H groups in total. The summed E-state index contributed by atoms with van der Waals surface area (Å²) in [5, 5.41) is 7.36. The molecule has 0 aliphatic carbocycles. The zero-order valence-electron chi connectivity index (χ0n) is 13.3. The Morgan fingerprint density at radius 3 is 2.62 bits per heavy atom. The number of nitrogens with two attached hydrogens (primary N) is 1. The lowest BCUT2D eigenvalue weighted by molar-refractivity contribution is -0.123. The van der Waals surface area contributed by atoms with Crippen molar-refractivity contribution in [3.05, 3.63) is 5.69 Å². The van der Waals surface area contributed by atoms with Gasteiger partial charge < -0.3 is 11.1 Å². The third-order valence-electron chi connectivity index (χ3n) is 3.55. The first-order valence-electron chi connectivity index (χ1n) is 7.33. The Balaban J connectivity index is 2.39. The summed E-state index contributed by atoms with van der Waals surface area (Å²) in [6.45, 7) is 8.61. The molecule has 21 heavy (non-hydrogen) atoms. The number of hydrogen-bond acceptors (Lipinski definition) is 4. The Bertz CT molecular complexity index is 654. The van der Waals surface area contributed by atoms with Crippen LogP contribution in [0.25, 0.3) is 11.2 Å². The maximum Gasteiger partial charge on any atom is 0.242 e. The molecule has 0 fully saturated rings. The average molecular weight is 292 g/mol. The fraction of sp³-hybridized carbons (Fsp3) is 0.643. The molecule has 1 amide bonds. The van der Waals surface area contributed by atoms with Crippen LogP contribution in [0.2, 0.25) is 0 Å². The summed E-state index contributed by atoms with van der Waals surface area (Å²) < 4.78 is 3.49. The second-order valence-corrected chi connectivity index (χ2v) is 5.75. The Morgan fingerprint density at radius 1 is 1.38 bits per heavy atom. The molecule has 0 aliphatic heterocycles. The number of imidazole rings is 1. The van der Waals surface area contributed by atoms with Crippen LogP contribution in [0, 0.1) is 5.92 Å². The molecule has 7 heteroatoms. The van der Waals surface area contributed by atoms with Gasteiger partial charge in [-0.1, -0.05) is 20.8 Å². The van der Waals surface area contributed by atoms with Crippen molar-refractivity contribution in [3.63, 3.8) is 0 Å². The van der Waals surface area contributed by atoms with Crippen LogP contribution in [0.3, 0.4) is 0 Å². The fourth-order valence-electron chi connectivity index (χ4n) is 2.41. The molecule has 2 heterocycles. The lowest BCUT2D eigenvalue weighted by Gasteiger charge is -2.16. The van der Waals surface area contributed by atoms with Crippen LogP contribution in [0.4, 0.5) is 5.95 Å². The zero-order chi connectivity index (χ0) is 15.7. The van der Waals surface area contributed by atoms with Crippen LogP contribution in [-0.2, 0) is 18.3 Å². The Kier molecular flexibility index (Phi) is 4.20. The summed E-state index contributed by atoms with van der Waals surface area (Å²) in [7, 11) is 1.85. The number of nitrogens with one attached hydrogen (secondary N) is 1. The van der Waals surface area contributed by atoms with Gasteiger partial charge in [0.25, 0.3) is 0 Å². The summed E-state index contributed by atoms with van der Waals surface area (Å²) in [6.07, 6.45) is 0.779. The lowest BCUT2D eigenvalue weighted by atomic mass is 10.2. The number of hydrogen-bond donors (Lipinski definition) is 2. The minimum atomic E-state index is -0.422. The highest BCUT2D eigenvalue weighted by Gasteiger charge is 2.24. The van der Waals surface area contributed by atoms with E-state index in [4.69, 9.17) is 5.73 Å². The largest absolute Gasteiger partial charge is 0.369 e. The Hall–Kier alpha value is -2.05. The number of aromatic nitrogens is 4. The van der Waals surface area contributed by atoms with Crippen molar-refractivity contribution in [3.8, 4) is 0 Å². The standard InChI is InChI=1S/C14H24N6O/c1-6-10-11-13(19(5)18-10)20(14(15)17-11)9(4)12(21)16-7-8(2)3/h8-9H,6-7H2,1-5H3,(H2,15,17)(H,16,21). The van der Waals surface area contributed by atoms with Crippen molar-refractivity contribution in [1.82, 2.24) is 24.6 Å². The summed E-state index contributed by atoms with van der Waals surface area (Å²) in [4.78, 5) is 16.7. The van der Waals surface area contributed by atoms with Gasteiger partial charge in [-0.05, 0) is 19.3 Å². The van der Waals surface area contributed by atoms with Gasteiger partial charge >= 0.3 is 0 Å². The first-order chi connectivity index (χ1) is 9.86. The molecule has 2 aromatic rings. The van der Waals surface area contributed by atoms with Crippen molar-refractivity contribution >= 4 is 23.0 Å². The summed E-state index contributed by atoms with van der Waals surface area (Å²) in [6, 6.07) is -0.422. The molecule has 0 aromatic carbocycles. The van der Waals surface area contributed by atoms with Crippen molar-refractivity contribution in [1.29, 1.82) is 0 Å². The van der Waals surface area contributed by atoms with E-state index in [1.807, 2.05) is 20.9 Å². The number of amides is 1. The summed E-state index contributed by atoms with van der Waals surface area (Å²) in [5.74, 6) is 0.693. The topological polar surface area (TPSA) is 90.8 Å². The van der Waals surface area contributed by atoms with Crippen molar-refractivity contribution in [2.45, 2.75) is 40.2 Å². The van der Waals surface area contributed by atoms with E-state index in [9.17, 15) is 4.79 Å². The molecule has 1 atom stereocenters. The SMILES string of the molecule is CCc1nn(C)c2c1nc(N)n2C(C)C(=O)NCC(C)C. The monoisotopic (exact) mass is 292 g/mol. The van der Waals surface area contributed by atoms with Crippen molar-refractivity contribution in [2.24, 2.45) is 13.0 Å². The number of nitrogen functional groups attached to an aromatic ring is 1. The van der Waals surface area contributed by atoms with Gasteiger partial charge in [0.05, 0.1) is 5.69 Å². The highest BCUT2D eigenvalue weighted by molar-refractivity contribution is 5.85. The fourth-order valence-corrected chi connectivity index (χ4v) is 2.41. The van der Waals surface area contributed by atoms with E-state index in [-0.39, 0.29) is 5.91 Å². The van der Waals surface area contributed by atoms with E-state index in [1.165, 1.54) is 0 Å². The first kappa shape index (κ1) is 15.3.